The van der Waals surface area contributed by atoms with E-state index in [1.165, 1.54) is 0 Å². The largest absolute Gasteiger partial charge is 0.316 e. The van der Waals surface area contributed by atoms with E-state index in [0.29, 0.717) is 0 Å². The summed E-state index contributed by atoms with van der Waals surface area (Å²) in [6.07, 6.45) is 3.21. The summed E-state index contributed by atoms with van der Waals surface area (Å²) in [5, 5.41) is 0. The van der Waals surface area contributed by atoms with Gasteiger partial charge in [0.1, 0.15) is 0 Å². The molecule has 1 unspecified atom stereocenters. The Morgan fingerprint density at radius 3 is 3.00 bits per heavy atom. The first-order valence-electron chi connectivity index (χ1n) is 4.60. The third-order valence-electron chi connectivity index (χ3n) is 2.40. The monoisotopic (exact) mass is 169 g/mol. The molecule has 70 valence electrons. The van der Waals surface area contributed by atoms with Gasteiger partial charge in [-0.05, 0) is 13.0 Å². The van der Waals surface area contributed by atoms with Crippen LogP contribution in [0.25, 0.3) is 0 Å². The molecule has 12 heavy (non-hydrogen) atoms. The maximum absolute atomic E-state index is 5.93. The summed E-state index contributed by atoms with van der Waals surface area (Å²) in [7, 11) is 0. The minimum Gasteiger partial charge on any atom is -0.316 e. The van der Waals surface area contributed by atoms with Crippen LogP contribution in [0.5, 0.6) is 0 Å². The standard InChI is InChI=1S/C9H19N3/c1-3-6-12-8-11(4-2)7-5-9(12)10/h3,9H,1,4-8,10H2,2H3. The first kappa shape index (κ1) is 9.71. The van der Waals surface area contributed by atoms with Crippen LogP contribution >= 0.6 is 0 Å². The van der Waals surface area contributed by atoms with Crippen molar-refractivity contribution in [1.29, 1.82) is 0 Å². The highest BCUT2D eigenvalue weighted by molar-refractivity contribution is 4.80. The molecule has 0 bridgehead atoms. The Kier molecular flexibility index (Phi) is 3.72. The number of nitrogens with zero attached hydrogens (tertiary/aromatic N) is 2. The van der Waals surface area contributed by atoms with Gasteiger partial charge in [-0.2, -0.15) is 0 Å². The van der Waals surface area contributed by atoms with Crippen LogP contribution in [0.1, 0.15) is 13.3 Å². The van der Waals surface area contributed by atoms with Gasteiger partial charge in [-0.25, -0.2) is 0 Å². The average molecular weight is 169 g/mol. The van der Waals surface area contributed by atoms with Crippen LogP contribution in [0, 0.1) is 0 Å². The Morgan fingerprint density at radius 2 is 2.42 bits per heavy atom. The minimum absolute atomic E-state index is 0.228. The summed E-state index contributed by atoms with van der Waals surface area (Å²) in [6.45, 7) is 10.0. The van der Waals surface area contributed by atoms with Gasteiger partial charge in [0.2, 0.25) is 0 Å². The lowest BCUT2D eigenvalue weighted by Gasteiger charge is -2.38. The maximum Gasteiger partial charge on any atom is 0.0598 e. The van der Waals surface area contributed by atoms with Crippen molar-refractivity contribution in [2.24, 2.45) is 5.73 Å². The third kappa shape index (κ3) is 2.30. The van der Waals surface area contributed by atoms with Crippen molar-refractivity contribution in [3.63, 3.8) is 0 Å². The van der Waals surface area contributed by atoms with Gasteiger partial charge in [-0.1, -0.05) is 13.0 Å². The lowest BCUT2D eigenvalue weighted by atomic mass is 10.2. The predicted octanol–water partition coefficient (Wildman–Crippen LogP) is 0.442. The van der Waals surface area contributed by atoms with Gasteiger partial charge in [0.15, 0.2) is 0 Å². The van der Waals surface area contributed by atoms with E-state index >= 15 is 0 Å². The van der Waals surface area contributed by atoms with Crippen LogP contribution in [0.2, 0.25) is 0 Å². The first-order valence-corrected chi connectivity index (χ1v) is 4.60. The fourth-order valence-electron chi connectivity index (χ4n) is 1.55. The van der Waals surface area contributed by atoms with Gasteiger partial charge in [0, 0.05) is 13.1 Å². The summed E-state index contributed by atoms with van der Waals surface area (Å²) in [5.41, 5.74) is 5.93. The molecule has 0 saturated carbocycles. The van der Waals surface area contributed by atoms with Crippen molar-refractivity contribution < 1.29 is 0 Å². The van der Waals surface area contributed by atoms with Gasteiger partial charge in [-0.3, -0.25) is 9.80 Å². The Morgan fingerprint density at radius 1 is 1.67 bits per heavy atom. The topological polar surface area (TPSA) is 32.5 Å². The molecule has 2 N–H and O–H groups in total. The maximum atomic E-state index is 5.93. The number of rotatable bonds is 3. The molecule has 3 heteroatoms. The SMILES string of the molecule is C=CCN1CN(CC)CCC1N. The van der Waals surface area contributed by atoms with E-state index in [0.717, 1.165) is 32.7 Å². The van der Waals surface area contributed by atoms with E-state index in [4.69, 9.17) is 5.73 Å². The molecule has 0 radical (unpaired) electrons. The van der Waals surface area contributed by atoms with Crippen molar-refractivity contribution in [1.82, 2.24) is 9.80 Å². The molecular formula is C9H19N3. The van der Waals surface area contributed by atoms with Crippen LogP contribution < -0.4 is 5.73 Å². The quantitative estimate of drug-likeness (QED) is 0.622. The van der Waals surface area contributed by atoms with E-state index < -0.39 is 0 Å². The molecule has 1 rings (SSSR count). The predicted molar refractivity (Wildman–Crippen MR) is 51.6 cm³/mol. The zero-order valence-electron chi connectivity index (χ0n) is 7.87. The Bertz CT molecular complexity index is 147. The Balaban J connectivity index is 2.41. The molecule has 0 amide bonds. The highest BCUT2D eigenvalue weighted by Crippen LogP contribution is 2.08. The van der Waals surface area contributed by atoms with Crippen molar-refractivity contribution in [2.75, 3.05) is 26.3 Å². The zero-order chi connectivity index (χ0) is 8.97. The van der Waals surface area contributed by atoms with E-state index in [9.17, 15) is 0 Å². The second-order valence-corrected chi connectivity index (χ2v) is 3.27. The van der Waals surface area contributed by atoms with Crippen LogP contribution in [-0.4, -0.2) is 42.3 Å². The van der Waals surface area contributed by atoms with E-state index in [1.54, 1.807) is 0 Å². The fourth-order valence-corrected chi connectivity index (χ4v) is 1.55. The Labute approximate surface area is 74.8 Å². The second-order valence-electron chi connectivity index (χ2n) is 3.27. The molecule has 0 aromatic carbocycles. The van der Waals surface area contributed by atoms with E-state index in [2.05, 4.69) is 23.3 Å². The molecule has 1 aliphatic rings. The lowest BCUT2D eigenvalue weighted by molar-refractivity contribution is 0.0543. The summed E-state index contributed by atoms with van der Waals surface area (Å²) >= 11 is 0. The molecule has 1 atom stereocenters. The molecule has 1 saturated heterocycles. The summed E-state index contributed by atoms with van der Waals surface area (Å²) in [5.74, 6) is 0. The van der Waals surface area contributed by atoms with Crippen LogP contribution in [0.4, 0.5) is 0 Å². The van der Waals surface area contributed by atoms with Gasteiger partial charge in [0.25, 0.3) is 0 Å². The molecule has 1 fully saturated rings. The normalized spacial score (nSPS) is 27.3. The third-order valence-corrected chi connectivity index (χ3v) is 2.40. The number of hydrogen-bond acceptors (Lipinski definition) is 3. The molecule has 3 nitrogen and oxygen atoms in total. The lowest BCUT2D eigenvalue weighted by Crippen LogP contribution is -2.54. The van der Waals surface area contributed by atoms with Crippen molar-refractivity contribution in [3.8, 4) is 0 Å². The number of nitrogens with two attached hydrogens (primary N) is 1. The number of hydrogen-bond donors (Lipinski definition) is 1. The molecule has 1 aliphatic heterocycles. The Hall–Kier alpha value is -0.380. The van der Waals surface area contributed by atoms with Crippen molar-refractivity contribution in [2.45, 2.75) is 19.5 Å². The first-order chi connectivity index (χ1) is 5.77. The fraction of sp³-hybridized carbons (Fsp3) is 0.778. The highest BCUT2D eigenvalue weighted by Gasteiger charge is 2.21. The second kappa shape index (κ2) is 4.60. The summed E-state index contributed by atoms with van der Waals surface area (Å²) < 4.78 is 0. The minimum atomic E-state index is 0.228. The van der Waals surface area contributed by atoms with Gasteiger partial charge in [-0.15, -0.1) is 6.58 Å². The van der Waals surface area contributed by atoms with Crippen LogP contribution in [-0.2, 0) is 0 Å². The van der Waals surface area contributed by atoms with Crippen molar-refractivity contribution in [3.05, 3.63) is 12.7 Å². The molecule has 0 aromatic rings. The van der Waals surface area contributed by atoms with Crippen molar-refractivity contribution >= 4 is 0 Å². The van der Waals surface area contributed by atoms with Gasteiger partial charge >= 0.3 is 0 Å². The average Bonchev–Trinajstić information content (AvgIpc) is 2.09. The molecule has 0 aliphatic carbocycles. The zero-order valence-corrected chi connectivity index (χ0v) is 7.87. The molecular weight excluding hydrogens is 150 g/mol. The molecule has 0 spiro atoms. The van der Waals surface area contributed by atoms with Crippen LogP contribution in [0.3, 0.4) is 0 Å². The summed E-state index contributed by atoms with van der Waals surface area (Å²) in [4.78, 5) is 4.65. The van der Waals surface area contributed by atoms with E-state index in [1.807, 2.05) is 6.08 Å². The summed E-state index contributed by atoms with van der Waals surface area (Å²) in [6, 6.07) is 0. The van der Waals surface area contributed by atoms with E-state index in [-0.39, 0.29) is 6.17 Å². The molecule has 0 aromatic heterocycles. The van der Waals surface area contributed by atoms with Gasteiger partial charge in [0.05, 0.1) is 12.8 Å². The van der Waals surface area contributed by atoms with Crippen LogP contribution in [0.15, 0.2) is 12.7 Å². The molecule has 1 heterocycles. The highest BCUT2D eigenvalue weighted by atomic mass is 15.4. The smallest absolute Gasteiger partial charge is 0.0598 e. The van der Waals surface area contributed by atoms with Gasteiger partial charge < -0.3 is 5.73 Å².